The largest absolute Gasteiger partial charge is 0.497 e. The molecule has 3 saturated carbocycles. The number of nitrogens with two attached hydrogens (primary N) is 1. The predicted molar refractivity (Wildman–Crippen MR) is 76.5 cm³/mol. The highest BCUT2D eigenvalue weighted by molar-refractivity contribution is 5.99. The Labute approximate surface area is 118 Å². The quantitative estimate of drug-likeness (QED) is 0.828. The first-order valence-electron chi connectivity index (χ1n) is 7.43. The second-order valence-electron chi connectivity index (χ2n) is 6.44. The number of rotatable bonds is 3. The standard InChI is InChI=1S/C16H20N2O2/c1-20-10-4-5-11(12(17)7-10)16(19)18-15-13-8-2-3-9(6-8)14(13)15/h4-5,7-9,13-15H,2-3,6,17H2,1H3,(H,18,19). The van der Waals surface area contributed by atoms with Crippen molar-refractivity contribution >= 4 is 11.6 Å². The Bertz CT molecular complexity index is 556. The maximum atomic E-state index is 12.3. The molecule has 3 aliphatic rings. The van der Waals surface area contributed by atoms with Gasteiger partial charge in [-0.15, -0.1) is 0 Å². The summed E-state index contributed by atoms with van der Waals surface area (Å²) in [7, 11) is 1.59. The van der Waals surface area contributed by atoms with Crippen molar-refractivity contribution < 1.29 is 9.53 Å². The summed E-state index contributed by atoms with van der Waals surface area (Å²) >= 11 is 0. The number of fused-ring (bicyclic) bond motifs is 5. The minimum absolute atomic E-state index is 0.0380. The number of hydrogen-bond donors (Lipinski definition) is 2. The highest BCUT2D eigenvalue weighted by Gasteiger charge is 2.65. The van der Waals surface area contributed by atoms with Gasteiger partial charge < -0.3 is 15.8 Å². The molecule has 4 atom stereocenters. The van der Waals surface area contributed by atoms with Crippen molar-refractivity contribution in [2.75, 3.05) is 12.8 Å². The van der Waals surface area contributed by atoms with E-state index in [1.54, 1.807) is 25.3 Å². The Morgan fingerprint density at radius 3 is 2.60 bits per heavy atom. The van der Waals surface area contributed by atoms with Crippen molar-refractivity contribution in [1.29, 1.82) is 0 Å². The monoisotopic (exact) mass is 272 g/mol. The Morgan fingerprint density at radius 2 is 2.00 bits per heavy atom. The molecule has 20 heavy (non-hydrogen) atoms. The number of carbonyl (C=O) groups is 1. The summed E-state index contributed by atoms with van der Waals surface area (Å²) in [5.41, 5.74) is 6.98. The van der Waals surface area contributed by atoms with Gasteiger partial charge in [-0.25, -0.2) is 0 Å². The lowest BCUT2D eigenvalue weighted by molar-refractivity contribution is 0.0945. The SMILES string of the molecule is COc1ccc(C(=O)NC2C3C4CCC(C4)C23)c(N)c1. The molecule has 106 valence electrons. The van der Waals surface area contributed by atoms with Crippen LogP contribution in [0.5, 0.6) is 5.75 Å². The molecule has 0 radical (unpaired) electrons. The van der Waals surface area contributed by atoms with Crippen LogP contribution in [0.3, 0.4) is 0 Å². The third-order valence-corrected chi connectivity index (χ3v) is 5.54. The van der Waals surface area contributed by atoms with Crippen molar-refractivity contribution in [3.63, 3.8) is 0 Å². The molecular formula is C16H20N2O2. The molecule has 0 aliphatic heterocycles. The zero-order valence-electron chi connectivity index (χ0n) is 11.6. The summed E-state index contributed by atoms with van der Waals surface area (Å²) in [5.74, 6) is 3.87. The number of anilines is 1. The fraction of sp³-hybridized carbons (Fsp3) is 0.562. The Morgan fingerprint density at radius 1 is 1.30 bits per heavy atom. The van der Waals surface area contributed by atoms with E-state index in [0.29, 0.717) is 23.0 Å². The minimum Gasteiger partial charge on any atom is -0.497 e. The summed E-state index contributed by atoms with van der Waals surface area (Å²) in [4.78, 5) is 12.3. The van der Waals surface area contributed by atoms with Crippen LogP contribution in [0.4, 0.5) is 5.69 Å². The molecule has 4 unspecified atom stereocenters. The van der Waals surface area contributed by atoms with Gasteiger partial charge in [0, 0.05) is 17.8 Å². The fourth-order valence-electron chi connectivity index (χ4n) is 4.62. The molecule has 1 aromatic carbocycles. The molecule has 4 nitrogen and oxygen atoms in total. The van der Waals surface area contributed by atoms with Gasteiger partial charge in [0.1, 0.15) is 5.75 Å². The summed E-state index contributed by atoms with van der Waals surface area (Å²) in [5, 5.41) is 3.19. The molecule has 1 aromatic rings. The molecule has 1 amide bonds. The molecule has 3 N–H and O–H groups in total. The molecule has 0 heterocycles. The number of ether oxygens (including phenoxy) is 1. The zero-order valence-corrected chi connectivity index (χ0v) is 11.6. The van der Waals surface area contributed by atoms with Crippen LogP contribution >= 0.6 is 0 Å². The predicted octanol–water partition coefficient (Wildman–Crippen LogP) is 2.05. The number of carbonyl (C=O) groups excluding carboxylic acids is 1. The van der Waals surface area contributed by atoms with E-state index in [0.717, 1.165) is 23.7 Å². The number of hydrogen-bond acceptors (Lipinski definition) is 3. The number of nitrogen functional groups attached to an aromatic ring is 1. The van der Waals surface area contributed by atoms with Gasteiger partial charge in [-0.1, -0.05) is 0 Å². The van der Waals surface area contributed by atoms with E-state index < -0.39 is 0 Å². The minimum atomic E-state index is -0.0380. The van der Waals surface area contributed by atoms with Crippen molar-refractivity contribution in [1.82, 2.24) is 5.32 Å². The molecule has 3 aliphatic carbocycles. The summed E-state index contributed by atoms with van der Waals surface area (Å²) in [6, 6.07) is 5.63. The highest BCUT2D eigenvalue weighted by atomic mass is 16.5. The van der Waals surface area contributed by atoms with E-state index in [9.17, 15) is 4.79 Å². The molecule has 0 spiro atoms. The van der Waals surface area contributed by atoms with Crippen molar-refractivity contribution in [2.24, 2.45) is 23.7 Å². The van der Waals surface area contributed by atoms with Gasteiger partial charge in [-0.05, 0) is 55.1 Å². The van der Waals surface area contributed by atoms with Gasteiger partial charge in [0.2, 0.25) is 0 Å². The van der Waals surface area contributed by atoms with Crippen LogP contribution in [0, 0.1) is 23.7 Å². The Hall–Kier alpha value is -1.71. The van der Waals surface area contributed by atoms with E-state index in [4.69, 9.17) is 10.5 Å². The van der Waals surface area contributed by atoms with Gasteiger partial charge in [-0.3, -0.25) is 4.79 Å². The molecule has 2 bridgehead atoms. The van der Waals surface area contributed by atoms with Gasteiger partial charge in [0.15, 0.2) is 0 Å². The van der Waals surface area contributed by atoms with Crippen LogP contribution in [0.1, 0.15) is 29.6 Å². The first-order valence-corrected chi connectivity index (χ1v) is 7.43. The topological polar surface area (TPSA) is 64.3 Å². The second kappa shape index (κ2) is 4.14. The molecule has 4 rings (SSSR count). The third-order valence-electron chi connectivity index (χ3n) is 5.54. The fourth-order valence-corrected chi connectivity index (χ4v) is 4.62. The number of amides is 1. The molecule has 4 heteroatoms. The van der Waals surface area contributed by atoms with Crippen LogP contribution in [0.15, 0.2) is 18.2 Å². The van der Waals surface area contributed by atoms with Crippen LogP contribution in [0.2, 0.25) is 0 Å². The van der Waals surface area contributed by atoms with E-state index in [2.05, 4.69) is 5.32 Å². The third kappa shape index (κ3) is 1.63. The smallest absolute Gasteiger partial charge is 0.253 e. The summed E-state index contributed by atoms with van der Waals surface area (Å²) in [6.45, 7) is 0. The normalized spacial score (nSPS) is 36.5. The average molecular weight is 272 g/mol. The first-order chi connectivity index (χ1) is 9.69. The number of methoxy groups -OCH3 is 1. The van der Waals surface area contributed by atoms with Crippen LogP contribution in [-0.4, -0.2) is 19.1 Å². The van der Waals surface area contributed by atoms with Crippen LogP contribution < -0.4 is 15.8 Å². The van der Waals surface area contributed by atoms with Crippen molar-refractivity contribution in [2.45, 2.75) is 25.3 Å². The number of nitrogens with one attached hydrogen (secondary N) is 1. The van der Waals surface area contributed by atoms with E-state index >= 15 is 0 Å². The first kappa shape index (κ1) is 12.1. The summed E-state index contributed by atoms with van der Waals surface area (Å²) in [6.07, 6.45) is 4.12. The maximum absolute atomic E-state index is 12.3. The van der Waals surface area contributed by atoms with Gasteiger partial charge in [0.25, 0.3) is 5.91 Å². The molecular weight excluding hydrogens is 252 g/mol. The van der Waals surface area contributed by atoms with Crippen molar-refractivity contribution in [3.8, 4) is 5.75 Å². The average Bonchev–Trinajstić information content (AvgIpc) is 2.84. The van der Waals surface area contributed by atoms with Crippen molar-refractivity contribution in [3.05, 3.63) is 23.8 Å². The van der Waals surface area contributed by atoms with Gasteiger partial charge in [-0.2, -0.15) is 0 Å². The number of benzene rings is 1. The second-order valence-corrected chi connectivity index (χ2v) is 6.44. The lowest BCUT2D eigenvalue weighted by Gasteiger charge is -2.12. The van der Waals surface area contributed by atoms with E-state index in [-0.39, 0.29) is 5.91 Å². The molecule has 0 aromatic heterocycles. The van der Waals surface area contributed by atoms with Gasteiger partial charge >= 0.3 is 0 Å². The Kier molecular flexibility index (Phi) is 2.50. The zero-order chi connectivity index (χ0) is 13.9. The highest BCUT2D eigenvalue weighted by Crippen LogP contribution is 2.65. The van der Waals surface area contributed by atoms with E-state index in [1.165, 1.54) is 19.3 Å². The van der Waals surface area contributed by atoms with Crippen LogP contribution in [-0.2, 0) is 0 Å². The molecule has 3 fully saturated rings. The molecule has 0 saturated heterocycles. The lowest BCUT2D eigenvalue weighted by Crippen LogP contribution is -2.30. The Balaban J connectivity index is 1.47. The van der Waals surface area contributed by atoms with Crippen LogP contribution in [0.25, 0.3) is 0 Å². The summed E-state index contributed by atoms with van der Waals surface area (Å²) < 4.78 is 5.11. The lowest BCUT2D eigenvalue weighted by atomic mass is 10.0. The maximum Gasteiger partial charge on any atom is 0.253 e. The van der Waals surface area contributed by atoms with Gasteiger partial charge in [0.05, 0.1) is 12.7 Å². The van der Waals surface area contributed by atoms with E-state index in [1.807, 2.05) is 0 Å².